The number of aliphatic hydroxyl groups excluding tert-OH is 1. The fourth-order valence-electron chi connectivity index (χ4n) is 1.71. The number of aliphatic hydroxyl groups is 1. The molecule has 0 amide bonds. The summed E-state index contributed by atoms with van der Waals surface area (Å²) in [7, 11) is 1.98. The first-order chi connectivity index (χ1) is 8.79. The number of benzene rings is 1. The van der Waals surface area contributed by atoms with Gasteiger partial charge in [0.15, 0.2) is 0 Å². The topological polar surface area (TPSA) is 35.5 Å². The van der Waals surface area contributed by atoms with Gasteiger partial charge in [0.25, 0.3) is 0 Å². The lowest BCUT2D eigenvalue weighted by molar-refractivity contribution is 0.304. The lowest BCUT2D eigenvalue weighted by Crippen LogP contribution is -2.20. The molecule has 0 saturated heterocycles. The van der Waals surface area contributed by atoms with Crippen LogP contribution >= 0.6 is 11.3 Å². The minimum Gasteiger partial charge on any atom is -0.395 e. The van der Waals surface area contributed by atoms with E-state index in [2.05, 4.69) is 46.4 Å². The van der Waals surface area contributed by atoms with Gasteiger partial charge in [-0.3, -0.25) is 0 Å². The molecule has 2 aromatic rings. The van der Waals surface area contributed by atoms with E-state index < -0.39 is 0 Å². The predicted octanol–water partition coefficient (Wildman–Crippen LogP) is 2.79. The second-order valence-electron chi connectivity index (χ2n) is 4.18. The van der Waals surface area contributed by atoms with Gasteiger partial charge in [0.1, 0.15) is 0 Å². The van der Waals surface area contributed by atoms with Crippen molar-refractivity contribution in [3.63, 3.8) is 0 Å². The van der Waals surface area contributed by atoms with Crippen molar-refractivity contribution in [2.75, 3.05) is 30.4 Å². The van der Waals surface area contributed by atoms with Crippen LogP contribution in [-0.4, -0.2) is 25.3 Å². The molecule has 96 valence electrons. The van der Waals surface area contributed by atoms with E-state index in [1.165, 1.54) is 5.56 Å². The van der Waals surface area contributed by atoms with Crippen LogP contribution in [0.15, 0.2) is 41.1 Å². The van der Waals surface area contributed by atoms with Crippen LogP contribution in [0.3, 0.4) is 0 Å². The van der Waals surface area contributed by atoms with Crippen molar-refractivity contribution in [1.29, 1.82) is 0 Å². The normalized spacial score (nSPS) is 10.3. The molecule has 18 heavy (non-hydrogen) atoms. The minimum absolute atomic E-state index is 0.175. The van der Waals surface area contributed by atoms with Crippen LogP contribution < -0.4 is 10.2 Å². The van der Waals surface area contributed by atoms with Crippen LogP contribution in [-0.2, 0) is 6.54 Å². The molecule has 1 aromatic carbocycles. The van der Waals surface area contributed by atoms with Gasteiger partial charge in [-0.1, -0.05) is 0 Å². The molecule has 0 bridgehead atoms. The van der Waals surface area contributed by atoms with Crippen molar-refractivity contribution >= 4 is 22.7 Å². The molecular formula is C14H18N2OS. The zero-order chi connectivity index (χ0) is 12.8. The Hall–Kier alpha value is -1.52. The number of nitrogens with one attached hydrogen (secondary N) is 1. The molecule has 2 N–H and O–H groups in total. The maximum atomic E-state index is 8.89. The third-order valence-corrected chi connectivity index (χ3v) is 3.55. The van der Waals surface area contributed by atoms with E-state index in [-0.39, 0.29) is 6.61 Å². The molecule has 0 spiro atoms. The highest BCUT2D eigenvalue weighted by atomic mass is 32.1. The van der Waals surface area contributed by atoms with Crippen LogP contribution in [0.1, 0.15) is 5.56 Å². The molecule has 0 aliphatic rings. The van der Waals surface area contributed by atoms with E-state index in [1.54, 1.807) is 11.3 Å². The van der Waals surface area contributed by atoms with E-state index in [9.17, 15) is 0 Å². The maximum Gasteiger partial charge on any atom is 0.0606 e. The number of hydrogen-bond acceptors (Lipinski definition) is 4. The van der Waals surface area contributed by atoms with Gasteiger partial charge in [0.2, 0.25) is 0 Å². The molecule has 0 radical (unpaired) electrons. The Balaban J connectivity index is 1.91. The Kier molecular flexibility index (Phi) is 4.61. The van der Waals surface area contributed by atoms with E-state index in [0.717, 1.165) is 17.9 Å². The van der Waals surface area contributed by atoms with E-state index in [1.807, 2.05) is 11.9 Å². The fraction of sp³-hybridized carbons (Fsp3) is 0.286. The van der Waals surface area contributed by atoms with Gasteiger partial charge in [-0.2, -0.15) is 11.3 Å². The van der Waals surface area contributed by atoms with Crippen molar-refractivity contribution in [3.05, 3.63) is 46.7 Å². The molecule has 0 saturated carbocycles. The Bertz CT molecular complexity index is 453. The summed E-state index contributed by atoms with van der Waals surface area (Å²) in [6.07, 6.45) is 0. The Morgan fingerprint density at radius 3 is 2.61 bits per heavy atom. The SMILES string of the molecule is CN(CCO)c1ccc(NCc2ccsc2)cc1. The largest absolute Gasteiger partial charge is 0.395 e. The lowest BCUT2D eigenvalue weighted by Gasteiger charge is -2.18. The Morgan fingerprint density at radius 1 is 1.22 bits per heavy atom. The predicted molar refractivity (Wildman–Crippen MR) is 78.4 cm³/mol. The van der Waals surface area contributed by atoms with Gasteiger partial charge in [-0.25, -0.2) is 0 Å². The van der Waals surface area contributed by atoms with Crippen molar-refractivity contribution in [2.24, 2.45) is 0 Å². The second kappa shape index (κ2) is 6.42. The molecule has 0 aliphatic carbocycles. The van der Waals surface area contributed by atoms with Gasteiger partial charge in [-0.05, 0) is 46.7 Å². The summed E-state index contributed by atoms with van der Waals surface area (Å²) in [6, 6.07) is 10.4. The summed E-state index contributed by atoms with van der Waals surface area (Å²) < 4.78 is 0. The van der Waals surface area contributed by atoms with Gasteiger partial charge in [0.05, 0.1) is 6.61 Å². The van der Waals surface area contributed by atoms with E-state index in [4.69, 9.17) is 5.11 Å². The van der Waals surface area contributed by atoms with Crippen LogP contribution in [0.5, 0.6) is 0 Å². The van der Waals surface area contributed by atoms with Gasteiger partial charge >= 0.3 is 0 Å². The zero-order valence-electron chi connectivity index (χ0n) is 10.5. The van der Waals surface area contributed by atoms with E-state index in [0.29, 0.717) is 6.54 Å². The number of nitrogens with zero attached hydrogens (tertiary/aromatic N) is 1. The lowest BCUT2D eigenvalue weighted by atomic mass is 10.2. The Labute approximate surface area is 112 Å². The number of likely N-dealkylation sites (N-methyl/N-ethyl adjacent to an activating group) is 1. The monoisotopic (exact) mass is 262 g/mol. The standard InChI is InChI=1S/C14H18N2OS/c1-16(7-8-17)14-4-2-13(3-5-14)15-10-12-6-9-18-11-12/h2-6,9,11,15,17H,7-8,10H2,1H3. The molecule has 1 aromatic heterocycles. The molecule has 0 unspecified atom stereocenters. The molecule has 4 heteroatoms. The number of rotatable bonds is 6. The molecular weight excluding hydrogens is 244 g/mol. The van der Waals surface area contributed by atoms with Gasteiger partial charge in [-0.15, -0.1) is 0 Å². The summed E-state index contributed by atoms with van der Waals surface area (Å²) in [5.41, 5.74) is 3.54. The third-order valence-electron chi connectivity index (χ3n) is 2.82. The number of thiophene rings is 1. The zero-order valence-corrected chi connectivity index (χ0v) is 11.3. The molecule has 3 nitrogen and oxygen atoms in total. The van der Waals surface area contributed by atoms with Gasteiger partial charge in [0, 0.05) is 31.5 Å². The van der Waals surface area contributed by atoms with Crippen molar-refractivity contribution in [1.82, 2.24) is 0 Å². The second-order valence-corrected chi connectivity index (χ2v) is 4.96. The number of anilines is 2. The number of hydrogen-bond donors (Lipinski definition) is 2. The van der Waals surface area contributed by atoms with Crippen LogP contribution in [0, 0.1) is 0 Å². The van der Waals surface area contributed by atoms with Crippen LogP contribution in [0.2, 0.25) is 0 Å². The smallest absolute Gasteiger partial charge is 0.0606 e. The first-order valence-electron chi connectivity index (χ1n) is 5.96. The highest BCUT2D eigenvalue weighted by Gasteiger charge is 2.00. The quantitative estimate of drug-likeness (QED) is 0.840. The Morgan fingerprint density at radius 2 is 2.00 bits per heavy atom. The molecule has 1 heterocycles. The molecule has 0 aliphatic heterocycles. The van der Waals surface area contributed by atoms with Gasteiger partial charge < -0.3 is 15.3 Å². The first kappa shape index (κ1) is 12.9. The van der Waals surface area contributed by atoms with E-state index >= 15 is 0 Å². The average Bonchev–Trinajstić information content (AvgIpc) is 2.90. The van der Waals surface area contributed by atoms with Crippen molar-refractivity contribution in [2.45, 2.75) is 6.54 Å². The van der Waals surface area contributed by atoms with Crippen LogP contribution in [0.4, 0.5) is 11.4 Å². The van der Waals surface area contributed by atoms with Crippen molar-refractivity contribution < 1.29 is 5.11 Å². The molecule has 0 fully saturated rings. The summed E-state index contributed by atoms with van der Waals surface area (Å²) >= 11 is 1.72. The summed E-state index contributed by atoms with van der Waals surface area (Å²) in [4.78, 5) is 2.03. The highest BCUT2D eigenvalue weighted by molar-refractivity contribution is 7.07. The minimum atomic E-state index is 0.175. The summed E-state index contributed by atoms with van der Waals surface area (Å²) in [5.74, 6) is 0. The molecule has 2 rings (SSSR count). The average molecular weight is 262 g/mol. The summed E-state index contributed by atoms with van der Waals surface area (Å²) in [5, 5.41) is 16.5. The first-order valence-corrected chi connectivity index (χ1v) is 6.91. The fourth-order valence-corrected chi connectivity index (χ4v) is 2.38. The maximum absolute atomic E-state index is 8.89. The molecule has 0 atom stereocenters. The summed E-state index contributed by atoms with van der Waals surface area (Å²) in [6.45, 7) is 1.69. The van der Waals surface area contributed by atoms with Crippen LogP contribution in [0.25, 0.3) is 0 Å². The highest BCUT2D eigenvalue weighted by Crippen LogP contribution is 2.17. The van der Waals surface area contributed by atoms with Crippen molar-refractivity contribution in [3.8, 4) is 0 Å². The third kappa shape index (κ3) is 3.48.